The van der Waals surface area contributed by atoms with E-state index in [0.29, 0.717) is 0 Å². The number of ether oxygens (including phenoxy) is 4. The summed E-state index contributed by atoms with van der Waals surface area (Å²) >= 11 is 0. The van der Waals surface area contributed by atoms with Crippen LogP contribution in [-0.4, -0.2) is 122 Å². The van der Waals surface area contributed by atoms with Gasteiger partial charge in [0.15, 0.2) is 0 Å². The Morgan fingerprint density at radius 2 is 1.83 bits per heavy atom. The van der Waals surface area contributed by atoms with Gasteiger partial charge >= 0.3 is 0 Å². The quantitative estimate of drug-likeness (QED) is 0.0461. The maximum absolute atomic E-state index is 12.2. The minimum Gasteiger partial charge on any atom is -0.544 e. The van der Waals surface area contributed by atoms with Gasteiger partial charge in [-0.1, -0.05) is 10.2 Å². The molecule has 21 heteroatoms. The summed E-state index contributed by atoms with van der Waals surface area (Å²) in [4.78, 5) is 27.5. The Hall–Kier alpha value is -3.85. The van der Waals surface area contributed by atoms with Gasteiger partial charge in [-0.2, -0.15) is 0 Å². The number of carboxylic acids is 1. The number of nitrogens with zero attached hydrogens (tertiary/aromatic N) is 7. The Kier molecular flexibility index (Phi) is 10.8. The lowest BCUT2D eigenvalue weighted by molar-refractivity contribution is -0.385. The molecule has 0 radical (unpaired) electrons. The number of hydrogen-bond acceptors (Lipinski definition) is 16. The Morgan fingerprint density at radius 1 is 1.17 bits per heavy atom. The fourth-order valence-corrected chi connectivity index (χ4v) is 4.39. The molecular formula is C21H26N7O14-. The van der Waals surface area contributed by atoms with Crippen LogP contribution in [0.3, 0.4) is 0 Å². The molecule has 21 nitrogen and oxygen atoms in total. The van der Waals surface area contributed by atoms with Gasteiger partial charge in [0.1, 0.15) is 36.1 Å². The number of nitro benzene ring substituents is 1. The molecule has 11 atom stereocenters. The second kappa shape index (κ2) is 13.9. The van der Waals surface area contributed by atoms with Crippen LogP contribution in [0, 0.1) is 10.1 Å². The topological polar surface area (TPSA) is 339 Å². The number of rotatable bonds is 12. The molecule has 0 aromatic heterocycles. The second-order valence-corrected chi connectivity index (χ2v) is 9.23. The van der Waals surface area contributed by atoms with E-state index in [1.54, 1.807) is 0 Å². The molecule has 1 aromatic rings. The van der Waals surface area contributed by atoms with E-state index in [4.69, 9.17) is 30.0 Å². The highest BCUT2D eigenvalue weighted by molar-refractivity contribution is 5.73. The SMILES string of the molecule is [N-]=[N+]=N[C@@H](C1O[C@@](OCC2O[C@@H](Oc3ccc([N+](=O)[O-])cc3)C(O)[C@@H](O)[C@H]2O)(C(=O)[O-])C[C@@H](O)[C@H]1N=[N+]=[N-])[C@H](O)CO. The Labute approximate surface area is 234 Å². The highest BCUT2D eigenvalue weighted by atomic mass is 16.7. The van der Waals surface area contributed by atoms with Gasteiger partial charge in [0.05, 0.1) is 48.5 Å². The van der Waals surface area contributed by atoms with Gasteiger partial charge in [-0.25, -0.2) is 0 Å². The molecule has 2 heterocycles. The van der Waals surface area contributed by atoms with E-state index < -0.39 is 97.4 Å². The Bertz CT molecular complexity index is 1210. The summed E-state index contributed by atoms with van der Waals surface area (Å²) in [5.41, 5.74) is 17.5. The van der Waals surface area contributed by atoms with E-state index in [1.807, 2.05) is 0 Å². The molecule has 2 aliphatic rings. The summed E-state index contributed by atoms with van der Waals surface area (Å²) in [6.07, 6.45) is -15.6. The summed E-state index contributed by atoms with van der Waals surface area (Å²) < 4.78 is 21.7. The third-order valence-corrected chi connectivity index (χ3v) is 6.58. The van der Waals surface area contributed by atoms with E-state index >= 15 is 0 Å². The van der Waals surface area contributed by atoms with Crippen LogP contribution in [0.5, 0.6) is 5.75 Å². The van der Waals surface area contributed by atoms with E-state index in [-0.39, 0.29) is 11.4 Å². The van der Waals surface area contributed by atoms with Gasteiger partial charge in [0, 0.05) is 28.4 Å². The maximum Gasteiger partial charge on any atom is 0.269 e. The van der Waals surface area contributed by atoms with Gasteiger partial charge in [-0.3, -0.25) is 10.1 Å². The minimum absolute atomic E-state index is 0.0451. The molecule has 3 unspecified atom stereocenters. The lowest BCUT2D eigenvalue weighted by Gasteiger charge is -2.48. The van der Waals surface area contributed by atoms with Crippen molar-refractivity contribution < 1.29 is 64.4 Å². The van der Waals surface area contributed by atoms with Gasteiger partial charge < -0.3 is 59.5 Å². The van der Waals surface area contributed by atoms with Gasteiger partial charge in [0.25, 0.3) is 5.69 Å². The number of carbonyl (C=O) groups excluding carboxylic acids is 1. The zero-order valence-electron chi connectivity index (χ0n) is 21.3. The number of aliphatic hydroxyl groups is 6. The van der Waals surface area contributed by atoms with E-state index in [9.17, 15) is 50.7 Å². The molecule has 2 saturated heterocycles. The van der Waals surface area contributed by atoms with Crippen LogP contribution >= 0.6 is 0 Å². The average molecular weight is 600 g/mol. The van der Waals surface area contributed by atoms with Crippen molar-refractivity contribution in [3.8, 4) is 5.75 Å². The largest absolute Gasteiger partial charge is 0.544 e. The maximum atomic E-state index is 12.2. The third kappa shape index (κ3) is 6.95. The van der Waals surface area contributed by atoms with E-state index in [1.165, 1.54) is 12.1 Å². The van der Waals surface area contributed by atoms with Gasteiger partial charge in [-0.15, -0.1) is 0 Å². The Morgan fingerprint density at radius 3 is 2.38 bits per heavy atom. The average Bonchev–Trinajstić information content (AvgIpc) is 2.96. The van der Waals surface area contributed by atoms with E-state index in [2.05, 4.69) is 20.1 Å². The zero-order chi connectivity index (χ0) is 31.2. The van der Waals surface area contributed by atoms with Crippen molar-refractivity contribution in [2.75, 3.05) is 13.2 Å². The smallest absolute Gasteiger partial charge is 0.269 e. The van der Waals surface area contributed by atoms with Crippen molar-refractivity contribution >= 4 is 11.7 Å². The highest BCUT2D eigenvalue weighted by Gasteiger charge is 2.53. The first-order valence-electron chi connectivity index (χ1n) is 12.1. The van der Waals surface area contributed by atoms with Crippen LogP contribution in [0.1, 0.15) is 6.42 Å². The highest BCUT2D eigenvalue weighted by Crippen LogP contribution is 2.36. The van der Waals surface area contributed by atoms with Gasteiger partial charge in [-0.05, 0) is 23.2 Å². The molecular weight excluding hydrogens is 574 g/mol. The first-order valence-corrected chi connectivity index (χ1v) is 12.1. The lowest BCUT2D eigenvalue weighted by Crippen LogP contribution is -2.67. The predicted molar refractivity (Wildman–Crippen MR) is 129 cm³/mol. The molecule has 2 aliphatic heterocycles. The third-order valence-electron chi connectivity index (χ3n) is 6.58. The number of aliphatic hydroxyl groups excluding tert-OH is 6. The molecule has 1 aromatic carbocycles. The lowest BCUT2D eigenvalue weighted by atomic mass is 9.88. The van der Waals surface area contributed by atoms with Gasteiger partial charge in [0.2, 0.25) is 12.1 Å². The fraction of sp³-hybridized carbons (Fsp3) is 0.667. The zero-order valence-corrected chi connectivity index (χ0v) is 21.3. The summed E-state index contributed by atoms with van der Waals surface area (Å²) in [5, 5.41) is 90.9. The first kappa shape index (κ1) is 32.7. The van der Waals surface area contributed by atoms with Crippen LogP contribution in [0.2, 0.25) is 0 Å². The number of benzene rings is 1. The molecule has 0 amide bonds. The van der Waals surface area contributed by atoms with E-state index in [0.717, 1.165) is 12.1 Å². The summed E-state index contributed by atoms with van der Waals surface area (Å²) in [6, 6.07) is 1.06. The van der Waals surface area contributed by atoms with Crippen molar-refractivity contribution in [3.05, 3.63) is 55.3 Å². The molecule has 0 bridgehead atoms. The second-order valence-electron chi connectivity index (χ2n) is 9.23. The van der Waals surface area contributed by atoms with Crippen LogP contribution in [0.25, 0.3) is 20.9 Å². The molecule has 2 fully saturated rings. The number of azide groups is 2. The molecule has 6 N–H and O–H groups in total. The van der Waals surface area contributed by atoms with Crippen LogP contribution in [-0.2, 0) is 19.0 Å². The molecule has 0 saturated carbocycles. The number of aliphatic carboxylic acids is 1. The number of carboxylic acid groups (broad SMARTS) is 1. The van der Waals surface area contributed by atoms with Crippen LogP contribution in [0.15, 0.2) is 34.5 Å². The van der Waals surface area contributed by atoms with Crippen molar-refractivity contribution in [3.63, 3.8) is 0 Å². The van der Waals surface area contributed by atoms with Crippen molar-refractivity contribution in [2.24, 2.45) is 10.2 Å². The monoisotopic (exact) mass is 600 g/mol. The molecule has 42 heavy (non-hydrogen) atoms. The normalized spacial score (nSPS) is 34.2. The number of nitro groups is 1. The minimum atomic E-state index is -2.91. The molecule has 0 spiro atoms. The standard InChI is InChI=1S/C21H27N7O14/c22-26-24-13-10(30)5-21(20(35)36,42-18(13)14(25-27-23)11(31)6-29)39-7-12-15(32)16(33)17(34)19(41-12)40-9-3-1-8(2-4-9)28(37)38/h1-4,10-19,29-34H,5-7H2,(H,35,36)/p-1/t10-,11-,12?,13-,14-,15+,16+,17?,18?,19-,21-/m1/s1. The van der Waals surface area contributed by atoms with Crippen molar-refractivity contribution in [2.45, 2.75) is 73.3 Å². The summed E-state index contributed by atoms with van der Waals surface area (Å²) in [7, 11) is 0. The number of non-ortho nitro benzene ring substituents is 1. The molecule has 230 valence electrons. The number of hydrogen-bond donors (Lipinski definition) is 6. The first-order chi connectivity index (χ1) is 19.9. The van der Waals surface area contributed by atoms with Crippen LogP contribution < -0.4 is 9.84 Å². The van der Waals surface area contributed by atoms with Crippen molar-refractivity contribution in [1.29, 1.82) is 0 Å². The fourth-order valence-electron chi connectivity index (χ4n) is 4.39. The summed E-state index contributed by atoms with van der Waals surface area (Å²) in [5.74, 6) is -5.06. The predicted octanol–water partition coefficient (Wildman–Crippen LogP) is -2.90. The molecule has 0 aliphatic carbocycles. The summed E-state index contributed by atoms with van der Waals surface area (Å²) in [6.45, 7) is -1.94. The molecule has 3 rings (SSSR count). The number of carbonyl (C=O) groups is 1. The Balaban J connectivity index is 1.85. The van der Waals surface area contributed by atoms with Crippen molar-refractivity contribution in [1.82, 2.24) is 0 Å². The van der Waals surface area contributed by atoms with Crippen LogP contribution in [0.4, 0.5) is 5.69 Å².